The third-order valence-corrected chi connectivity index (χ3v) is 4.50. The van der Waals surface area contributed by atoms with Gasteiger partial charge in [0.1, 0.15) is 0 Å². The van der Waals surface area contributed by atoms with Crippen molar-refractivity contribution in [3.8, 4) is 0 Å². The summed E-state index contributed by atoms with van der Waals surface area (Å²) >= 11 is 0. The first-order valence-electron chi connectivity index (χ1n) is 9.57. The zero-order valence-corrected chi connectivity index (χ0v) is 14.7. The standard InChI is InChI=1S/C19H40O2/c1-3-5-6-7-8-9-10-11-12-13-14-15-16-17-18-19(20,21)4-2/h20-21H,3-18H2,1-2H3. The van der Waals surface area contributed by atoms with E-state index in [1.807, 2.05) is 6.92 Å². The van der Waals surface area contributed by atoms with Gasteiger partial charge >= 0.3 is 0 Å². The zero-order chi connectivity index (χ0) is 15.8. The molecule has 0 aromatic carbocycles. The largest absolute Gasteiger partial charge is 0.366 e. The second-order valence-electron chi connectivity index (χ2n) is 6.68. The van der Waals surface area contributed by atoms with Gasteiger partial charge in [0.25, 0.3) is 0 Å². The average Bonchev–Trinajstić information content (AvgIpc) is 2.47. The van der Waals surface area contributed by atoms with Crippen LogP contribution in [0.15, 0.2) is 0 Å². The van der Waals surface area contributed by atoms with Crippen LogP contribution < -0.4 is 0 Å². The van der Waals surface area contributed by atoms with Crippen LogP contribution in [0.2, 0.25) is 0 Å². The van der Waals surface area contributed by atoms with Crippen molar-refractivity contribution in [2.45, 2.75) is 122 Å². The Balaban J connectivity index is 3.06. The fraction of sp³-hybridized carbons (Fsp3) is 1.00. The number of hydrogen-bond donors (Lipinski definition) is 2. The van der Waals surface area contributed by atoms with Crippen molar-refractivity contribution in [1.29, 1.82) is 0 Å². The predicted molar refractivity (Wildman–Crippen MR) is 92.4 cm³/mol. The first-order chi connectivity index (χ1) is 10.1. The van der Waals surface area contributed by atoms with E-state index in [1.165, 1.54) is 77.0 Å². The maximum atomic E-state index is 9.47. The number of rotatable bonds is 16. The molecule has 0 rings (SSSR count). The Morgan fingerprint density at radius 3 is 1.19 bits per heavy atom. The quantitative estimate of drug-likeness (QED) is 0.273. The lowest BCUT2D eigenvalue weighted by Crippen LogP contribution is -2.26. The van der Waals surface area contributed by atoms with Gasteiger partial charge in [0.15, 0.2) is 5.79 Å². The molecule has 0 radical (unpaired) electrons. The highest BCUT2D eigenvalue weighted by molar-refractivity contribution is 4.61. The molecule has 0 unspecified atom stereocenters. The molecule has 0 aromatic heterocycles. The molecule has 2 nitrogen and oxygen atoms in total. The Labute approximate surface area is 133 Å². The summed E-state index contributed by atoms with van der Waals surface area (Å²) in [6.07, 6.45) is 19.6. The average molecular weight is 301 g/mol. The first-order valence-corrected chi connectivity index (χ1v) is 9.57. The molecule has 0 spiro atoms. The SMILES string of the molecule is CCCCCCCCCCCCCCCCC(O)(O)CC. The molecule has 0 aliphatic heterocycles. The van der Waals surface area contributed by atoms with E-state index < -0.39 is 5.79 Å². The van der Waals surface area contributed by atoms with Crippen LogP contribution >= 0.6 is 0 Å². The summed E-state index contributed by atoms with van der Waals surface area (Å²) in [5, 5.41) is 18.9. The second-order valence-corrected chi connectivity index (χ2v) is 6.68. The maximum Gasteiger partial charge on any atom is 0.162 e. The van der Waals surface area contributed by atoms with Gasteiger partial charge in [0.2, 0.25) is 0 Å². The molecule has 0 amide bonds. The van der Waals surface area contributed by atoms with Gasteiger partial charge in [-0.2, -0.15) is 0 Å². The third-order valence-electron chi connectivity index (χ3n) is 4.50. The minimum atomic E-state index is -1.42. The molecule has 0 aliphatic rings. The molecule has 2 heteroatoms. The van der Waals surface area contributed by atoms with E-state index in [4.69, 9.17) is 0 Å². The summed E-state index contributed by atoms with van der Waals surface area (Å²) in [6, 6.07) is 0. The van der Waals surface area contributed by atoms with Crippen LogP contribution in [0.3, 0.4) is 0 Å². The van der Waals surface area contributed by atoms with Crippen LogP contribution in [0.1, 0.15) is 117 Å². The van der Waals surface area contributed by atoms with Crippen molar-refractivity contribution >= 4 is 0 Å². The van der Waals surface area contributed by atoms with Gasteiger partial charge < -0.3 is 10.2 Å². The molecular formula is C19H40O2. The Morgan fingerprint density at radius 1 is 0.524 bits per heavy atom. The second kappa shape index (κ2) is 14.8. The smallest absolute Gasteiger partial charge is 0.162 e. The van der Waals surface area contributed by atoms with Crippen LogP contribution in [0.5, 0.6) is 0 Å². The fourth-order valence-corrected chi connectivity index (χ4v) is 2.78. The minimum absolute atomic E-state index is 0.436. The number of hydrogen-bond acceptors (Lipinski definition) is 2. The van der Waals surface area contributed by atoms with E-state index in [-0.39, 0.29) is 0 Å². The molecule has 0 aliphatic carbocycles. The minimum Gasteiger partial charge on any atom is -0.366 e. The van der Waals surface area contributed by atoms with Crippen LogP contribution in [-0.2, 0) is 0 Å². The molecule has 0 fully saturated rings. The van der Waals surface area contributed by atoms with E-state index >= 15 is 0 Å². The van der Waals surface area contributed by atoms with Crippen molar-refractivity contribution in [2.24, 2.45) is 0 Å². The van der Waals surface area contributed by atoms with Gasteiger partial charge in [-0.05, 0) is 12.8 Å². The zero-order valence-electron chi connectivity index (χ0n) is 14.7. The van der Waals surface area contributed by atoms with Gasteiger partial charge in [-0.15, -0.1) is 0 Å². The van der Waals surface area contributed by atoms with Gasteiger partial charge in [-0.3, -0.25) is 0 Å². The Morgan fingerprint density at radius 2 is 0.857 bits per heavy atom. The van der Waals surface area contributed by atoms with Crippen molar-refractivity contribution in [3.05, 3.63) is 0 Å². The first kappa shape index (κ1) is 20.9. The molecule has 0 bridgehead atoms. The number of unbranched alkanes of at least 4 members (excludes halogenated alkanes) is 13. The highest BCUT2D eigenvalue weighted by Crippen LogP contribution is 2.17. The maximum absolute atomic E-state index is 9.47. The fourth-order valence-electron chi connectivity index (χ4n) is 2.78. The molecule has 0 saturated carbocycles. The highest BCUT2D eigenvalue weighted by atomic mass is 16.5. The summed E-state index contributed by atoms with van der Waals surface area (Å²) < 4.78 is 0. The lowest BCUT2D eigenvalue weighted by atomic mass is 10.0. The molecule has 0 atom stereocenters. The summed E-state index contributed by atoms with van der Waals surface area (Å²) in [4.78, 5) is 0. The lowest BCUT2D eigenvalue weighted by molar-refractivity contribution is -0.167. The highest BCUT2D eigenvalue weighted by Gasteiger charge is 2.18. The summed E-state index contributed by atoms with van der Waals surface area (Å²) in [6.45, 7) is 4.09. The molecule has 2 N–H and O–H groups in total. The Bertz CT molecular complexity index is 202. The van der Waals surface area contributed by atoms with Gasteiger partial charge in [0.05, 0.1) is 0 Å². The van der Waals surface area contributed by atoms with Crippen LogP contribution in [-0.4, -0.2) is 16.0 Å². The monoisotopic (exact) mass is 300 g/mol. The Kier molecular flexibility index (Phi) is 14.8. The topological polar surface area (TPSA) is 40.5 Å². The van der Waals surface area contributed by atoms with Crippen molar-refractivity contribution < 1.29 is 10.2 Å². The van der Waals surface area contributed by atoms with Gasteiger partial charge in [-0.1, -0.05) is 97.3 Å². The lowest BCUT2D eigenvalue weighted by Gasteiger charge is -2.19. The summed E-state index contributed by atoms with van der Waals surface area (Å²) in [5.41, 5.74) is 0. The summed E-state index contributed by atoms with van der Waals surface area (Å²) in [7, 11) is 0. The van der Waals surface area contributed by atoms with Crippen LogP contribution in [0.4, 0.5) is 0 Å². The van der Waals surface area contributed by atoms with E-state index in [1.54, 1.807) is 0 Å². The summed E-state index contributed by atoms with van der Waals surface area (Å²) in [5.74, 6) is -1.42. The van der Waals surface area contributed by atoms with E-state index in [0.717, 1.165) is 12.8 Å². The molecule has 0 saturated heterocycles. The molecule has 0 aromatic rings. The predicted octanol–water partition coefficient (Wildman–Crippen LogP) is 5.95. The molecule has 128 valence electrons. The molecular weight excluding hydrogens is 260 g/mol. The van der Waals surface area contributed by atoms with Gasteiger partial charge in [-0.25, -0.2) is 0 Å². The van der Waals surface area contributed by atoms with Crippen LogP contribution in [0.25, 0.3) is 0 Å². The van der Waals surface area contributed by atoms with Gasteiger partial charge in [0, 0.05) is 6.42 Å². The Hall–Kier alpha value is -0.0800. The molecule has 21 heavy (non-hydrogen) atoms. The van der Waals surface area contributed by atoms with Crippen molar-refractivity contribution in [3.63, 3.8) is 0 Å². The van der Waals surface area contributed by atoms with Crippen molar-refractivity contribution in [2.75, 3.05) is 0 Å². The molecule has 0 heterocycles. The normalized spacial score (nSPS) is 12.0. The van der Waals surface area contributed by atoms with Crippen molar-refractivity contribution in [1.82, 2.24) is 0 Å². The van der Waals surface area contributed by atoms with Crippen LogP contribution in [0, 0.1) is 0 Å². The van der Waals surface area contributed by atoms with E-state index in [0.29, 0.717) is 12.8 Å². The third kappa shape index (κ3) is 16.1. The van der Waals surface area contributed by atoms with E-state index in [2.05, 4.69) is 6.92 Å². The van der Waals surface area contributed by atoms with E-state index in [9.17, 15) is 10.2 Å². The number of aliphatic hydroxyl groups is 2.